The normalized spacial score (nSPS) is 22.7. The summed E-state index contributed by atoms with van der Waals surface area (Å²) < 4.78 is 5.95. The Labute approximate surface area is 111 Å². The van der Waals surface area contributed by atoms with Gasteiger partial charge >= 0.3 is 0 Å². The zero-order chi connectivity index (χ0) is 12.7. The molecule has 0 bridgehead atoms. The number of ether oxygens (including phenoxy) is 1. The molecule has 2 aromatic rings. The largest absolute Gasteiger partial charge is 0.465 e. The van der Waals surface area contributed by atoms with Crippen LogP contribution in [0.15, 0.2) is 58.5 Å². The van der Waals surface area contributed by atoms with E-state index in [1.54, 1.807) is 6.40 Å². The van der Waals surface area contributed by atoms with Crippen molar-refractivity contribution in [3.8, 4) is 0 Å². The Kier molecular flexibility index (Phi) is 2.09. The van der Waals surface area contributed by atoms with E-state index in [9.17, 15) is 0 Å². The fourth-order valence-corrected chi connectivity index (χ4v) is 2.83. The van der Waals surface area contributed by atoms with Gasteiger partial charge in [-0.15, -0.1) is 0 Å². The van der Waals surface area contributed by atoms with Gasteiger partial charge in [-0.3, -0.25) is 4.99 Å². The van der Waals surface area contributed by atoms with Gasteiger partial charge in [-0.1, -0.05) is 42.5 Å². The summed E-state index contributed by atoms with van der Waals surface area (Å²) in [5.41, 5.74) is 3.79. The van der Waals surface area contributed by atoms with Crippen LogP contribution in [0.25, 0.3) is 0 Å². The molecule has 2 aromatic carbocycles. The van der Waals surface area contributed by atoms with E-state index in [2.05, 4.69) is 28.2 Å². The third-order valence-electron chi connectivity index (χ3n) is 3.72. The molecule has 92 valence electrons. The number of benzene rings is 2. The van der Waals surface area contributed by atoms with E-state index in [4.69, 9.17) is 4.74 Å². The molecule has 3 nitrogen and oxygen atoms in total. The van der Waals surface area contributed by atoms with Crippen LogP contribution in [0.3, 0.4) is 0 Å². The van der Waals surface area contributed by atoms with Gasteiger partial charge in [-0.25, -0.2) is 4.99 Å². The maximum absolute atomic E-state index is 5.95. The first-order valence-corrected chi connectivity index (χ1v) is 6.29. The van der Waals surface area contributed by atoms with Gasteiger partial charge in [0.15, 0.2) is 12.0 Å². The molecule has 1 unspecified atom stereocenters. The van der Waals surface area contributed by atoms with E-state index in [0.29, 0.717) is 6.54 Å². The topological polar surface area (TPSA) is 34.0 Å². The predicted octanol–water partition coefficient (Wildman–Crippen LogP) is 3.05. The van der Waals surface area contributed by atoms with Crippen molar-refractivity contribution in [2.24, 2.45) is 9.98 Å². The SMILES string of the molecule is C1=NCC2(OC=Nc3ccccc32)c2ccccc21. The first-order chi connectivity index (χ1) is 9.40. The van der Waals surface area contributed by atoms with Crippen molar-refractivity contribution >= 4 is 18.3 Å². The van der Waals surface area contributed by atoms with Crippen molar-refractivity contribution < 1.29 is 4.74 Å². The second kappa shape index (κ2) is 3.79. The van der Waals surface area contributed by atoms with Crippen molar-refractivity contribution in [1.29, 1.82) is 0 Å². The summed E-state index contributed by atoms with van der Waals surface area (Å²) in [6.07, 6.45) is 3.46. The lowest BCUT2D eigenvalue weighted by atomic mass is 9.81. The highest BCUT2D eigenvalue weighted by Crippen LogP contribution is 2.43. The molecule has 2 aliphatic rings. The maximum Gasteiger partial charge on any atom is 0.182 e. The number of hydrogen-bond acceptors (Lipinski definition) is 3. The monoisotopic (exact) mass is 248 g/mol. The Hall–Kier alpha value is -2.42. The highest BCUT2D eigenvalue weighted by Gasteiger charge is 2.42. The summed E-state index contributed by atoms with van der Waals surface area (Å²) in [6, 6.07) is 16.3. The molecule has 0 N–H and O–H groups in total. The fourth-order valence-electron chi connectivity index (χ4n) is 2.83. The fraction of sp³-hybridized carbons (Fsp3) is 0.125. The lowest BCUT2D eigenvalue weighted by Gasteiger charge is -2.37. The number of para-hydroxylation sites is 1. The van der Waals surface area contributed by atoms with Crippen molar-refractivity contribution in [2.75, 3.05) is 6.54 Å². The molecular formula is C16H12N2O. The lowest BCUT2D eigenvalue weighted by molar-refractivity contribution is 0.111. The van der Waals surface area contributed by atoms with Crippen LogP contribution in [0.5, 0.6) is 0 Å². The van der Waals surface area contributed by atoms with Crippen LogP contribution < -0.4 is 0 Å². The number of rotatable bonds is 0. The zero-order valence-electron chi connectivity index (χ0n) is 10.3. The second-order valence-corrected chi connectivity index (χ2v) is 4.75. The van der Waals surface area contributed by atoms with Crippen LogP contribution in [0.1, 0.15) is 16.7 Å². The molecule has 0 saturated heterocycles. The number of hydrogen-bond donors (Lipinski definition) is 0. The van der Waals surface area contributed by atoms with Gasteiger partial charge in [0.05, 0.1) is 12.2 Å². The van der Waals surface area contributed by atoms with E-state index >= 15 is 0 Å². The van der Waals surface area contributed by atoms with Crippen LogP contribution in [-0.4, -0.2) is 19.2 Å². The van der Waals surface area contributed by atoms with Crippen molar-refractivity contribution in [2.45, 2.75) is 5.60 Å². The molecule has 2 heterocycles. The van der Waals surface area contributed by atoms with E-state index < -0.39 is 5.60 Å². The minimum atomic E-state index is -0.524. The summed E-state index contributed by atoms with van der Waals surface area (Å²) in [5, 5.41) is 0. The van der Waals surface area contributed by atoms with E-state index in [1.807, 2.05) is 36.5 Å². The molecule has 2 aliphatic heterocycles. The molecule has 1 spiro atoms. The third kappa shape index (κ3) is 1.38. The number of nitrogens with zero attached hydrogens (tertiary/aromatic N) is 2. The molecule has 0 aliphatic carbocycles. The van der Waals surface area contributed by atoms with Gasteiger partial charge in [0.2, 0.25) is 0 Å². The molecule has 4 rings (SSSR count). The van der Waals surface area contributed by atoms with E-state index in [-0.39, 0.29) is 0 Å². The highest BCUT2D eigenvalue weighted by atomic mass is 16.5. The quantitative estimate of drug-likeness (QED) is 0.705. The van der Waals surface area contributed by atoms with Crippen LogP contribution in [-0.2, 0) is 10.3 Å². The molecule has 0 radical (unpaired) electrons. The molecule has 1 atom stereocenters. The van der Waals surface area contributed by atoms with Crippen molar-refractivity contribution in [1.82, 2.24) is 0 Å². The van der Waals surface area contributed by atoms with Crippen LogP contribution in [0, 0.1) is 0 Å². The number of fused-ring (bicyclic) bond motifs is 4. The Morgan fingerprint density at radius 2 is 1.74 bits per heavy atom. The van der Waals surface area contributed by atoms with Crippen LogP contribution in [0.4, 0.5) is 5.69 Å². The van der Waals surface area contributed by atoms with E-state index in [1.165, 1.54) is 0 Å². The van der Waals surface area contributed by atoms with Crippen LogP contribution in [0.2, 0.25) is 0 Å². The summed E-state index contributed by atoms with van der Waals surface area (Å²) in [5.74, 6) is 0. The molecule has 0 amide bonds. The van der Waals surface area contributed by atoms with Gasteiger partial charge < -0.3 is 4.74 Å². The molecular weight excluding hydrogens is 236 g/mol. The Balaban J connectivity index is 2.02. The van der Waals surface area contributed by atoms with Gasteiger partial charge in [0, 0.05) is 17.3 Å². The van der Waals surface area contributed by atoms with Gasteiger partial charge in [-0.05, 0) is 11.6 Å². The predicted molar refractivity (Wildman–Crippen MR) is 75.4 cm³/mol. The average Bonchev–Trinajstić information content (AvgIpc) is 2.48. The summed E-state index contributed by atoms with van der Waals surface area (Å²) in [7, 11) is 0. The average molecular weight is 248 g/mol. The smallest absolute Gasteiger partial charge is 0.182 e. The first kappa shape index (κ1) is 10.5. The highest BCUT2D eigenvalue weighted by molar-refractivity contribution is 5.85. The van der Waals surface area contributed by atoms with Crippen molar-refractivity contribution in [3.05, 3.63) is 65.2 Å². The first-order valence-electron chi connectivity index (χ1n) is 6.29. The second-order valence-electron chi connectivity index (χ2n) is 4.75. The minimum absolute atomic E-state index is 0.524. The van der Waals surface area contributed by atoms with Gasteiger partial charge in [-0.2, -0.15) is 0 Å². The number of aliphatic imine (C=N–C) groups is 2. The van der Waals surface area contributed by atoms with Gasteiger partial charge in [0.25, 0.3) is 0 Å². The molecule has 3 heteroatoms. The summed E-state index contributed by atoms with van der Waals surface area (Å²) in [4.78, 5) is 8.80. The molecule has 0 fully saturated rings. The Morgan fingerprint density at radius 1 is 0.947 bits per heavy atom. The molecule has 0 saturated carbocycles. The standard InChI is InChI=1S/C16H12N2O/c1-2-6-13-12(5-1)9-17-10-16(13)14-7-3-4-8-15(14)18-11-19-16/h1-9,11H,10H2. The maximum atomic E-state index is 5.95. The zero-order valence-corrected chi connectivity index (χ0v) is 10.3. The Bertz CT molecular complexity index is 642. The third-order valence-corrected chi connectivity index (χ3v) is 3.72. The lowest BCUT2D eigenvalue weighted by Crippen LogP contribution is -2.38. The molecule has 19 heavy (non-hydrogen) atoms. The summed E-state index contributed by atoms with van der Waals surface area (Å²) in [6.45, 7) is 0.590. The molecule has 0 aromatic heterocycles. The Morgan fingerprint density at radius 3 is 2.68 bits per heavy atom. The summed E-state index contributed by atoms with van der Waals surface area (Å²) >= 11 is 0. The van der Waals surface area contributed by atoms with Crippen molar-refractivity contribution in [3.63, 3.8) is 0 Å². The van der Waals surface area contributed by atoms with Gasteiger partial charge in [0.1, 0.15) is 0 Å². The van der Waals surface area contributed by atoms with E-state index in [0.717, 1.165) is 22.4 Å². The van der Waals surface area contributed by atoms with Crippen LogP contribution >= 0.6 is 0 Å². The minimum Gasteiger partial charge on any atom is -0.465 e.